The highest BCUT2D eigenvalue weighted by Gasteiger charge is 2.32. The van der Waals surface area contributed by atoms with Gasteiger partial charge in [-0.3, -0.25) is 9.59 Å². The molecule has 0 radical (unpaired) electrons. The Morgan fingerprint density at radius 1 is 1.11 bits per heavy atom. The minimum absolute atomic E-state index is 0. The van der Waals surface area contributed by atoms with Crippen molar-refractivity contribution in [3.05, 3.63) is 34.7 Å². The fourth-order valence-electron chi connectivity index (χ4n) is 4.27. The third-order valence-electron chi connectivity index (χ3n) is 5.89. The van der Waals surface area contributed by atoms with Gasteiger partial charge in [0.15, 0.2) is 0 Å². The molecule has 7 heteroatoms. The average Bonchev–Trinajstić information content (AvgIpc) is 3.04. The molecule has 2 fully saturated rings. The molecule has 2 atom stereocenters. The summed E-state index contributed by atoms with van der Waals surface area (Å²) in [5.41, 5.74) is 1.07. The van der Waals surface area contributed by atoms with Gasteiger partial charge in [0.05, 0.1) is 4.88 Å². The average molecular weight is 422 g/mol. The summed E-state index contributed by atoms with van der Waals surface area (Å²) in [6.07, 6.45) is 1.84. The van der Waals surface area contributed by atoms with Crippen LogP contribution in [0.2, 0.25) is 0 Å². The first-order chi connectivity index (χ1) is 13.0. The van der Waals surface area contributed by atoms with E-state index in [-0.39, 0.29) is 30.1 Å². The lowest BCUT2D eigenvalue weighted by atomic mass is 9.92. The molecule has 4 rings (SSSR count). The lowest BCUT2D eigenvalue weighted by molar-refractivity contribution is -0.138. The maximum absolute atomic E-state index is 13.0. The summed E-state index contributed by atoms with van der Waals surface area (Å²) in [5, 5.41) is 4.57. The van der Waals surface area contributed by atoms with E-state index in [1.165, 1.54) is 5.39 Å². The van der Waals surface area contributed by atoms with Crippen molar-refractivity contribution in [1.82, 2.24) is 15.1 Å². The van der Waals surface area contributed by atoms with Crippen LogP contribution in [0.4, 0.5) is 0 Å². The first kappa shape index (κ1) is 21.1. The summed E-state index contributed by atoms with van der Waals surface area (Å²) in [6.45, 7) is 7.63. The van der Waals surface area contributed by atoms with Gasteiger partial charge in [-0.15, -0.1) is 23.7 Å². The van der Waals surface area contributed by atoms with E-state index in [0.717, 1.165) is 34.5 Å². The van der Waals surface area contributed by atoms with Crippen molar-refractivity contribution in [1.29, 1.82) is 0 Å². The van der Waals surface area contributed by atoms with E-state index in [1.54, 1.807) is 11.3 Å². The van der Waals surface area contributed by atoms with Gasteiger partial charge in [-0.25, -0.2) is 0 Å². The number of rotatable bonds is 2. The normalized spacial score (nSPS) is 22.8. The predicted octanol–water partition coefficient (Wildman–Crippen LogP) is 3.30. The number of nitrogens with one attached hydrogen (secondary N) is 1. The van der Waals surface area contributed by atoms with Crippen molar-refractivity contribution in [3.8, 4) is 0 Å². The van der Waals surface area contributed by atoms with Crippen LogP contribution in [0.5, 0.6) is 0 Å². The maximum Gasteiger partial charge on any atom is 0.264 e. The third kappa shape index (κ3) is 4.04. The van der Waals surface area contributed by atoms with E-state index in [1.807, 2.05) is 28.9 Å². The minimum atomic E-state index is 0. The lowest BCUT2D eigenvalue weighted by Gasteiger charge is -2.38. The summed E-state index contributed by atoms with van der Waals surface area (Å²) in [7, 11) is 0. The van der Waals surface area contributed by atoms with E-state index in [2.05, 4.69) is 24.4 Å². The molecular weight excluding hydrogens is 394 g/mol. The van der Waals surface area contributed by atoms with Crippen LogP contribution in [0.15, 0.2) is 24.3 Å². The van der Waals surface area contributed by atoms with Gasteiger partial charge in [0.1, 0.15) is 0 Å². The summed E-state index contributed by atoms with van der Waals surface area (Å²) in [5.74, 6) is 0.512. The van der Waals surface area contributed by atoms with E-state index < -0.39 is 0 Å². The number of nitrogens with zero attached hydrogens (tertiary/aromatic N) is 2. The van der Waals surface area contributed by atoms with Gasteiger partial charge in [0.2, 0.25) is 5.91 Å². The Hall–Kier alpha value is -1.63. The van der Waals surface area contributed by atoms with Crippen LogP contribution < -0.4 is 5.32 Å². The molecule has 0 saturated carbocycles. The molecule has 1 aromatic carbocycles. The van der Waals surface area contributed by atoms with Crippen molar-refractivity contribution < 1.29 is 9.59 Å². The van der Waals surface area contributed by atoms with Crippen LogP contribution in [-0.2, 0) is 4.79 Å². The van der Waals surface area contributed by atoms with Crippen LogP contribution in [-0.4, -0.2) is 60.4 Å². The number of hydrogen-bond acceptors (Lipinski definition) is 4. The maximum atomic E-state index is 13.0. The van der Waals surface area contributed by atoms with Gasteiger partial charge in [-0.05, 0) is 50.2 Å². The zero-order valence-electron chi connectivity index (χ0n) is 16.4. The zero-order chi connectivity index (χ0) is 19.0. The fourth-order valence-corrected chi connectivity index (χ4v) is 5.44. The summed E-state index contributed by atoms with van der Waals surface area (Å²) >= 11 is 1.58. The number of benzene rings is 1. The van der Waals surface area contributed by atoms with Gasteiger partial charge in [-0.2, -0.15) is 0 Å². The van der Waals surface area contributed by atoms with Gasteiger partial charge >= 0.3 is 0 Å². The first-order valence-corrected chi connectivity index (χ1v) is 10.7. The monoisotopic (exact) mass is 421 g/mol. The number of carbonyl (C=O) groups excluding carboxylic acids is 2. The molecule has 5 nitrogen and oxygen atoms in total. The standard InChI is InChI=1S/C21H27N3O2S.ClH/c1-14-13-16(7-8-22-14)20(25)23-9-11-24(12-10-23)21(26)19-15(2)17-5-3-4-6-18(17)27-19;/h3-6,14,16,22H,7-13H2,1-2H3;1H/t14-,16-;/m0./s1. The number of aryl methyl sites for hydroxylation is 1. The Morgan fingerprint density at radius 2 is 1.79 bits per heavy atom. The number of halogens is 1. The number of thiophene rings is 1. The Balaban J connectivity index is 0.00000225. The molecule has 0 spiro atoms. The molecule has 152 valence electrons. The summed E-state index contributed by atoms with van der Waals surface area (Å²) in [4.78, 5) is 30.6. The molecule has 2 saturated heterocycles. The Morgan fingerprint density at radius 3 is 2.46 bits per heavy atom. The lowest BCUT2D eigenvalue weighted by Crippen LogP contribution is -2.53. The smallest absolute Gasteiger partial charge is 0.264 e. The summed E-state index contributed by atoms with van der Waals surface area (Å²) in [6, 6.07) is 8.59. The van der Waals surface area contributed by atoms with Gasteiger partial charge < -0.3 is 15.1 Å². The van der Waals surface area contributed by atoms with E-state index in [9.17, 15) is 9.59 Å². The second kappa shape index (κ2) is 8.80. The number of amides is 2. The quantitative estimate of drug-likeness (QED) is 0.809. The third-order valence-corrected chi connectivity index (χ3v) is 7.15. The van der Waals surface area contributed by atoms with Crippen molar-refractivity contribution in [2.24, 2.45) is 5.92 Å². The molecule has 3 heterocycles. The van der Waals surface area contributed by atoms with Gasteiger partial charge in [0, 0.05) is 42.8 Å². The molecule has 2 aromatic rings. The molecule has 1 aromatic heterocycles. The van der Waals surface area contributed by atoms with Crippen molar-refractivity contribution in [2.45, 2.75) is 32.7 Å². The Kier molecular flexibility index (Phi) is 6.63. The second-order valence-electron chi connectivity index (χ2n) is 7.75. The topological polar surface area (TPSA) is 52.7 Å². The number of piperidine rings is 1. The van der Waals surface area contributed by atoms with Gasteiger partial charge in [0.25, 0.3) is 5.91 Å². The van der Waals surface area contributed by atoms with Crippen molar-refractivity contribution in [3.63, 3.8) is 0 Å². The first-order valence-electron chi connectivity index (χ1n) is 9.84. The second-order valence-corrected chi connectivity index (χ2v) is 8.80. The van der Waals surface area contributed by atoms with E-state index in [4.69, 9.17) is 0 Å². The van der Waals surface area contributed by atoms with Crippen LogP contribution in [0, 0.1) is 12.8 Å². The molecule has 2 aliphatic heterocycles. The number of carbonyl (C=O) groups is 2. The van der Waals surface area contributed by atoms with Crippen LogP contribution in [0.3, 0.4) is 0 Å². The minimum Gasteiger partial charge on any atom is -0.339 e. The number of piperazine rings is 1. The number of fused-ring (bicyclic) bond motifs is 1. The molecule has 2 amide bonds. The van der Waals surface area contributed by atoms with Crippen LogP contribution in [0.1, 0.15) is 35.0 Å². The molecule has 0 unspecified atom stereocenters. The van der Waals surface area contributed by atoms with Crippen LogP contribution in [0.25, 0.3) is 10.1 Å². The Labute approximate surface area is 176 Å². The highest BCUT2D eigenvalue weighted by molar-refractivity contribution is 7.21. The van der Waals surface area contributed by atoms with E-state index >= 15 is 0 Å². The predicted molar refractivity (Wildman–Crippen MR) is 116 cm³/mol. The molecule has 1 N–H and O–H groups in total. The molecule has 0 bridgehead atoms. The largest absolute Gasteiger partial charge is 0.339 e. The van der Waals surface area contributed by atoms with E-state index in [0.29, 0.717) is 32.2 Å². The zero-order valence-corrected chi connectivity index (χ0v) is 18.1. The molecule has 2 aliphatic rings. The highest BCUT2D eigenvalue weighted by Crippen LogP contribution is 2.31. The molecule has 0 aliphatic carbocycles. The van der Waals surface area contributed by atoms with Gasteiger partial charge in [-0.1, -0.05) is 18.2 Å². The van der Waals surface area contributed by atoms with Crippen LogP contribution >= 0.6 is 23.7 Å². The summed E-state index contributed by atoms with van der Waals surface area (Å²) < 4.78 is 1.16. The van der Waals surface area contributed by atoms with Crippen molar-refractivity contribution in [2.75, 3.05) is 32.7 Å². The molecular formula is C21H28ClN3O2S. The fraction of sp³-hybridized carbons (Fsp3) is 0.524. The van der Waals surface area contributed by atoms with Crippen molar-refractivity contribution >= 4 is 45.6 Å². The highest BCUT2D eigenvalue weighted by atomic mass is 35.5. The molecule has 28 heavy (non-hydrogen) atoms. The SMILES string of the molecule is Cc1c(C(=O)N2CCN(C(=O)[C@H]3CCN[C@@H](C)C3)CC2)sc2ccccc12.Cl. The number of hydrogen-bond donors (Lipinski definition) is 1. The Bertz CT molecular complexity index is 860.